The summed E-state index contributed by atoms with van der Waals surface area (Å²) in [5.74, 6) is -3.20. The average Bonchev–Trinajstić information content (AvgIpc) is 2.66. The number of nitrogens with two attached hydrogens (primary N) is 1. The van der Waals surface area contributed by atoms with Gasteiger partial charge in [-0.3, -0.25) is 0 Å². The summed E-state index contributed by atoms with van der Waals surface area (Å²) in [5.41, 5.74) is 3.84. The van der Waals surface area contributed by atoms with E-state index < -0.39 is 45.1 Å². The number of rotatable bonds is 4. The van der Waals surface area contributed by atoms with E-state index in [1.165, 1.54) is 26.1 Å². The van der Waals surface area contributed by atoms with Gasteiger partial charge in [-0.05, 0) is 42.8 Å². The van der Waals surface area contributed by atoms with Crippen LogP contribution in [0.1, 0.15) is 23.7 Å². The Balaban J connectivity index is 1.94. The molecule has 0 bridgehead atoms. The molecule has 0 fully saturated rings. The van der Waals surface area contributed by atoms with Crippen molar-refractivity contribution in [3.8, 4) is 5.75 Å². The number of hydrogen-bond donors (Lipinski definition) is 1. The third-order valence-electron chi connectivity index (χ3n) is 4.64. The third-order valence-corrected chi connectivity index (χ3v) is 6.59. The number of hydrogen-bond acceptors (Lipinski definition) is 6. The van der Waals surface area contributed by atoms with Crippen LogP contribution in [0.15, 0.2) is 41.5 Å². The number of halogens is 5. The molecule has 1 aliphatic heterocycles. The quantitative estimate of drug-likeness (QED) is 0.683. The van der Waals surface area contributed by atoms with E-state index in [0.717, 1.165) is 28.6 Å². The summed E-state index contributed by atoms with van der Waals surface area (Å²) in [5, 5.41) is 0. The van der Waals surface area contributed by atoms with Gasteiger partial charge in [-0.15, -0.1) is 13.2 Å². The number of ether oxygens (including phenoxy) is 1. The van der Waals surface area contributed by atoms with E-state index in [9.17, 15) is 30.4 Å². The number of pyridine rings is 1. The molecule has 2 heterocycles. The summed E-state index contributed by atoms with van der Waals surface area (Å²) in [6.07, 6.45) is -3.24. The lowest BCUT2D eigenvalue weighted by molar-refractivity contribution is -0.274. The van der Waals surface area contributed by atoms with Gasteiger partial charge in [0.15, 0.2) is 0 Å². The van der Waals surface area contributed by atoms with Gasteiger partial charge in [0.2, 0.25) is 16.0 Å². The van der Waals surface area contributed by atoms with E-state index in [1.54, 1.807) is 0 Å². The topological polar surface area (TPSA) is 97.9 Å². The normalized spacial score (nSPS) is 21.3. The molecule has 0 amide bonds. The van der Waals surface area contributed by atoms with Crippen molar-refractivity contribution in [3.63, 3.8) is 0 Å². The van der Waals surface area contributed by atoms with Gasteiger partial charge in [0.05, 0.1) is 17.6 Å². The second kappa shape index (κ2) is 8.04. The maximum absolute atomic E-state index is 14.6. The lowest BCUT2D eigenvalue weighted by Crippen LogP contribution is -2.50. The zero-order valence-electron chi connectivity index (χ0n) is 16.7. The molecule has 0 unspecified atom stereocenters. The van der Waals surface area contributed by atoms with Crippen molar-refractivity contribution in [1.29, 1.82) is 0 Å². The van der Waals surface area contributed by atoms with Gasteiger partial charge in [-0.2, -0.15) is 0 Å². The van der Waals surface area contributed by atoms with Crippen LogP contribution in [0, 0.1) is 5.82 Å². The number of aromatic nitrogens is 1. The zero-order chi connectivity index (χ0) is 23.9. The summed E-state index contributed by atoms with van der Waals surface area (Å²) in [7, 11) is -2.64. The summed E-state index contributed by atoms with van der Waals surface area (Å²) in [4.78, 5) is 7.68. The molecule has 13 heteroatoms. The second-order valence-corrected chi connectivity index (χ2v) is 9.13. The largest absolute Gasteiger partial charge is 0.573 e. The van der Waals surface area contributed by atoms with E-state index in [2.05, 4.69) is 14.7 Å². The minimum atomic E-state index is -4.91. The Morgan fingerprint density at radius 1 is 1.28 bits per heavy atom. The first kappa shape index (κ1) is 23.4. The van der Waals surface area contributed by atoms with Gasteiger partial charge in [0.25, 0.3) is 0 Å². The van der Waals surface area contributed by atoms with E-state index >= 15 is 0 Å². The van der Waals surface area contributed by atoms with Crippen molar-refractivity contribution >= 4 is 27.9 Å². The van der Waals surface area contributed by atoms with E-state index in [-0.39, 0.29) is 22.8 Å². The Labute approximate surface area is 180 Å². The van der Waals surface area contributed by atoms with Crippen molar-refractivity contribution in [1.82, 2.24) is 9.29 Å². The number of nitrogens with zero attached hydrogens (tertiary/aromatic N) is 3. The summed E-state index contributed by atoms with van der Waals surface area (Å²) >= 11 is 0. The van der Waals surface area contributed by atoms with Crippen molar-refractivity contribution < 1.29 is 35.1 Å². The smallest absolute Gasteiger partial charge is 0.404 e. The third kappa shape index (κ3) is 4.98. The first-order valence-electron chi connectivity index (χ1n) is 8.91. The van der Waals surface area contributed by atoms with Crippen molar-refractivity contribution in [2.24, 2.45) is 10.7 Å². The predicted molar refractivity (Wildman–Crippen MR) is 107 cm³/mol. The molecule has 7 nitrogen and oxygen atoms in total. The van der Waals surface area contributed by atoms with Crippen LogP contribution in [-0.4, -0.2) is 42.8 Å². The molecule has 1 aromatic heterocycles. The second-order valence-electron chi connectivity index (χ2n) is 7.13. The fourth-order valence-corrected chi connectivity index (χ4v) is 4.52. The Hall–Kier alpha value is -3.22. The molecular weight excluding hydrogens is 459 g/mol. The lowest BCUT2D eigenvalue weighted by Gasteiger charge is -2.34. The van der Waals surface area contributed by atoms with Crippen LogP contribution in [0.4, 0.5) is 22.0 Å². The number of guanidine groups is 1. The molecule has 3 rings (SSSR count). The molecule has 0 radical (unpaired) electrons. The monoisotopic (exact) mass is 476 g/mol. The van der Waals surface area contributed by atoms with E-state index in [1.807, 2.05) is 0 Å². The van der Waals surface area contributed by atoms with Crippen molar-refractivity contribution in [2.45, 2.75) is 18.8 Å². The van der Waals surface area contributed by atoms with Crippen LogP contribution in [-0.2, 0) is 15.6 Å². The molecule has 0 aliphatic carbocycles. The Bertz CT molecular complexity index is 1200. The highest BCUT2D eigenvalue weighted by molar-refractivity contribution is 7.89. The molecule has 172 valence electrons. The van der Waals surface area contributed by atoms with E-state index in [4.69, 9.17) is 5.73 Å². The SMILES string of the molecule is CN1C(N)=N[C@](C)(c2cc(/C=C(\F)c3ccc(OC(F)(F)F)cn3)ccc2F)CS1(=O)=O. The highest BCUT2D eigenvalue weighted by atomic mass is 32.2. The van der Waals surface area contributed by atoms with Crippen LogP contribution >= 0.6 is 0 Å². The lowest BCUT2D eigenvalue weighted by atomic mass is 9.92. The first-order chi connectivity index (χ1) is 14.7. The minimum absolute atomic E-state index is 0.124. The van der Waals surface area contributed by atoms with E-state index in [0.29, 0.717) is 6.20 Å². The molecule has 32 heavy (non-hydrogen) atoms. The van der Waals surface area contributed by atoms with Gasteiger partial charge in [-0.1, -0.05) is 6.07 Å². The Kier molecular flexibility index (Phi) is 5.89. The van der Waals surface area contributed by atoms with Gasteiger partial charge < -0.3 is 10.5 Å². The zero-order valence-corrected chi connectivity index (χ0v) is 17.5. The number of sulfonamides is 1. The standard InChI is InChI=1S/C19H17F5N4O3S/c1-18(10-32(29,30)28(2)17(25)27-18)13-7-11(3-5-14(13)20)8-15(21)16-6-4-12(9-26-16)31-19(22,23)24/h3-9H,10H2,1-2H3,(H2,25,27)/b15-8-/t18-/m0/s1. The highest BCUT2D eigenvalue weighted by Crippen LogP contribution is 2.34. The van der Waals surface area contributed by atoms with Gasteiger partial charge in [0, 0.05) is 12.6 Å². The van der Waals surface area contributed by atoms with Crippen molar-refractivity contribution in [2.75, 3.05) is 12.8 Å². The fourth-order valence-electron chi connectivity index (χ4n) is 3.07. The number of benzene rings is 1. The van der Waals surface area contributed by atoms with Gasteiger partial charge in [0.1, 0.15) is 22.9 Å². The molecule has 1 atom stereocenters. The molecule has 2 N–H and O–H groups in total. The molecule has 0 saturated heterocycles. The highest BCUT2D eigenvalue weighted by Gasteiger charge is 2.41. The van der Waals surface area contributed by atoms with Crippen LogP contribution in [0.5, 0.6) is 5.75 Å². The molecular formula is C19H17F5N4O3S. The summed E-state index contributed by atoms with van der Waals surface area (Å²) < 4.78 is 94.9. The van der Waals surface area contributed by atoms with Crippen LogP contribution in [0.3, 0.4) is 0 Å². The maximum atomic E-state index is 14.6. The predicted octanol–water partition coefficient (Wildman–Crippen LogP) is 3.39. The Morgan fingerprint density at radius 3 is 2.53 bits per heavy atom. The van der Waals surface area contributed by atoms with Crippen LogP contribution in [0.25, 0.3) is 11.9 Å². The molecule has 1 aliphatic rings. The number of aliphatic imine (C=N–C) groups is 1. The number of alkyl halides is 3. The molecule has 0 saturated carbocycles. The van der Waals surface area contributed by atoms with Crippen LogP contribution < -0.4 is 10.5 Å². The average molecular weight is 476 g/mol. The molecule has 2 aromatic rings. The van der Waals surface area contributed by atoms with Crippen molar-refractivity contribution in [3.05, 3.63) is 59.2 Å². The summed E-state index contributed by atoms with van der Waals surface area (Å²) in [6.45, 7) is 1.38. The Morgan fingerprint density at radius 2 is 1.97 bits per heavy atom. The van der Waals surface area contributed by atoms with Gasteiger partial charge in [-0.25, -0.2) is 31.5 Å². The maximum Gasteiger partial charge on any atom is 0.573 e. The summed E-state index contributed by atoms with van der Waals surface area (Å²) in [6, 6.07) is 5.34. The van der Waals surface area contributed by atoms with Gasteiger partial charge >= 0.3 is 6.36 Å². The molecule has 1 aromatic carbocycles. The molecule has 0 spiro atoms. The van der Waals surface area contributed by atoms with Crippen LogP contribution in [0.2, 0.25) is 0 Å². The minimum Gasteiger partial charge on any atom is -0.404 e. The fraction of sp³-hybridized carbons (Fsp3) is 0.263. The first-order valence-corrected chi connectivity index (χ1v) is 10.5.